The largest absolute Gasteiger partial charge is 0.465 e. The van der Waals surface area contributed by atoms with E-state index in [9.17, 15) is 9.59 Å². The molecule has 2 N–H and O–H groups in total. The Morgan fingerprint density at radius 1 is 1.42 bits per heavy atom. The predicted octanol–water partition coefficient (Wildman–Crippen LogP) is -0.144. The molecule has 0 saturated carbocycles. The first-order valence-corrected chi connectivity index (χ1v) is 5.30. The molecular formula is C11H11N5O3. The Bertz CT molecular complexity index is 650. The number of hydrogen-bond donors (Lipinski definition) is 1. The van der Waals surface area contributed by atoms with Crippen molar-refractivity contribution in [2.24, 2.45) is 5.73 Å². The second kappa shape index (κ2) is 4.84. The van der Waals surface area contributed by atoms with E-state index in [0.29, 0.717) is 5.82 Å². The maximum Gasteiger partial charge on any atom is 0.343 e. The molecule has 0 fully saturated rings. The van der Waals surface area contributed by atoms with Crippen LogP contribution in [-0.4, -0.2) is 38.7 Å². The molecule has 0 aliphatic rings. The fraction of sp³-hybridized carbons (Fsp3) is 0.182. The van der Waals surface area contributed by atoms with Crippen LogP contribution in [0.4, 0.5) is 0 Å². The van der Waals surface area contributed by atoms with Crippen molar-refractivity contribution >= 4 is 11.9 Å². The maximum atomic E-state index is 11.6. The monoisotopic (exact) mass is 261 g/mol. The van der Waals surface area contributed by atoms with Gasteiger partial charge in [0.2, 0.25) is 0 Å². The number of primary amides is 1. The number of hydrogen-bond acceptors (Lipinski definition) is 6. The number of nitrogens with two attached hydrogens (primary N) is 1. The first kappa shape index (κ1) is 12.7. The number of aromatic nitrogens is 4. The highest BCUT2D eigenvalue weighted by Gasteiger charge is 2.17. The number of nitrogens with zero attached hydrogens (tertiary/aromatic N) is 4. The van der Waals surface area contributed by atoms with Crippen LogP contribution in [0.5, 0.6) is 0 Å². The Balaban J connectivity index is 2.55. The summed E-state index contributed by atoms with van der Waals surface area (Å²) in [5.41, 5.74) is 5.34. The van der Waals surface area contributed by atoms with E-state index in [4.69, 9.17) is 5.73 Å². The lowest BCUT2D eigenvalue weighted by molar-refractivity contribution is 0.0599. The average molecular weight is 261 g/mol. The van der Waals surface area contributed by atoms with Crippen LogP contribution in [0.2, 0.25) is 0 Å². The van der Waals surface area contributed by atoms with Crippen LogP contribution in [0.1, 0.15) is 26.7 Å². The Kier molecular flexibility index (Phi) is 3.23. The van der Waals surface area contributed by atoms with E-state index in [0.717, 1.165) is 0 Å². The molecule has 0 saturated heterocycles. The average Bonchev–Trinajstić information content (AvgIpc) is 2.87. The lowest BCUT2D eigenvalue weighted by Crippen LogP contribution is -2.15. The highest BCUT2D eigenvalue weighted by molar-refractivity contribution is 5.93. The molecule has 2 aromatic heterocycles. The molecule has 8 heteroatoms. The van der Waals surface area contributed by atoms with Gasteiger partial charge in [0.05, 0.1) is 7.11 Å². The quantitative estimate of drug-likeness (QED) is 0.769. The third-order valence-electron chi connectivity index (χ3n) is 2.35. The number of aryl methyl sites for hydroxylation is 1. The molecule has 0 aromatic carbocycles. The number of esters is 1. The highest BCUT2D eigenvalue weighted by atomic mass is 16.5. The van der Waals surface area contributed by atoms with E-state index in [1.807, 2.05) is 0 Å². The summed E-state index contributed by atoms with van der Waals surface area (Å²) in [6.45, 7) is 1.67. The molecule has 0 unspecified atom stereocenters. The Hall–Kier alpha value is -2.77. The molecule has 8 nitrogen and oxygen atoms in total. The first-order valence-electron chi connectivity index (χ1n) is 5.30. The standard InChI is InChI=1S/C11H11N5O3/c1-6-13-5-7(11(18)19-2)10(14-6)16-4-3-8(15-16)9(12)17/h3-5H,1-2H3,(H2,12,17). The highest BCUT2D eigenvalue weighted by Crippen LogP contribution is 2.12. The van der Waals surface area contributed by atoms with Crippen molar-refractivity contribution in [2.45, 2.75) is 6.92 Å². The van der Waals surface area contributed by atoms with Gasteiger partial charge in [0.1, 0.15) is 17.1 Å². The van der Waals surface area contributed by atoms with Crippen LogP contribution >= 0.6 is 0 Å². The van der Waals surface area contributed by atoms with Gasteiger partial charge < -0.3 is 10.5 Å². The number of amides is 1. The van der Waals surface area contributed by atoms with Gasteiger partial charge in [-0.15, -0.1) is 0 Å². The minimum absolute atomic E-state index is 0.0760. The van der Waals surface area contributed by atoms with Crippen LogP contribution < -0.4 is 5.73 Å². The molecule has 0 atom stereocenters. The molecule has 2 heterocycles. The fourth-order valence-electron chi connectivity index (χ4n) is 1.46. The Morgan fingerprint density at radius 2 is 2.16 bits per heavy atom. The molecule has 0 radical (unpaired) electrons. The molecule has 1 amide bonds. The number of methoxy groups -OCH3 is 1. The normalized spacial score (nSPS) is 10.2. The molecule has 2 rings (SSSR count). The van der Waals surface area contributed by atoms with Gasteiger partial charge in [-0.25, -0.2) is 19.4 Å². The number of carbonyl (C=O) groups is 2. The SMILES string of the molecule is COC(=O)c1cnc(C)nc1-n1ccc(C(N)=O)n1. The van der Waals surface area contributed by atoms with Gasteiger partial charge >= 0.3 is 5.97 Å². The van der Waals surface area contributed by atoms with E-state index in [1.54, 1.807) is 6.92 Å². The zero-order valence-corrected chi connectivity index (χ0v) is 10.3. The first-order chi connectivity index (χ1) is 9.02. The van der Waals surface area contributed by atoms with Gasteiger partial charge in [0.15, 0.2) is 5.82 Å². The van der Waals surface area contributed by atoms with Crippen molar-refractivity contribution in [1.82, 2.24) is 19.7 Å². The van der Waals surface area contributed by atoms with E-state index in [2.05, 4.69) is 19.8 Å². The molecular weight excluding hydrogens is 250 g/mol. The van der Waals surface area contributed by atoms with Gasteiger partial charge in [0.25, 0.3) is 5.91 Å². The number of rotatable bonds is 3. The molecule has 98 valence electrons. The van der Waals surface area contributed by atoms with Crippen molar-refractivity contribution in [3.63, 3.8) is 0 Å². The van der Waals surface area contributed by atoms with E-state index in [-0.39, 0.29) is 17.1 Å². The zero-order chi connectivity index (χ0) is 14.0. The van der Waals surface area contributed by atoms with Crippen molar-refractivity contribution in [3.05, 3.63) is 35.5 Å². The lowest BCUT2D eigenvalue weighted by Gasteiger charge is -2.06. The van der Waals surface area contributed by atoms with E-state index >= 15 is 0 Å². The maximum absolute atomic E-state index is 11.6. The minimum atomic E-state index is -0.663. The summed E-state index contributed by atoms with van der Waals surface area (Å²) < 4.78 is 5.92. The molecule has 0 bridgehead atoms. The van der Waals surface area contributed by atoms with E-state index in [1.165, 1.54) is 30.3 Å². The van der Waals surface area contributed by atoms with E-state index < -0.39 is 11.9 Å². The minimum Gasteiger partial charge on any atom is -0.465 e. The summed E-state index contributed by atoms with van der Waals surface area (Å²) in [6.07, 6.45) is 2.82. The van der Waals surface area contributed by atoms with Gasteiger partial charge in [-0.2, -0.15) is 5.10 Å². The van der Waals surface area contributed by atoms with Gasteiger partial charge in [-0.05, 0) is 13.0 Å². The second-order valence-corrected chi connectivity index (χ2v) is 3.66. The summed E-state index contributed by atoms with van der Waals surface area (Å²) in [5.74, 6) is -0.569. The number of carbonyl (C=O) groups excluding carboxylic acids is 2. The Labute approximate surface area is 108 Å². The third kappa shape index (κ3) is 2.41. The topological polar surface area (TPSA) is 113 Å². The van der Waals surface area contributed by atoms with Gasteiger partial charge in [-0.3, -0.25) is 4.79 Å². The second-order valence-electron chi connectivity index (χ2n) is 3.66. The van der Waals surface area contributed by atoms with Crippen molar-refractivity contribution in [3.8, 4) is 5.82 Å². The lowest BCUT2D eigenvalue weighted by atomic mass is 10.3. The number of ether oxygens (including phenoxy) is 1. The Morgan fingerprint density at radius 3 is 2.74 bits per heavy atom. The summed E-state index contributed by atoms with van der Waals surface area (Å²) in [6, 6.07) is 1.43. The molecule has 2 aromatic rings. The van der Waals surface area contributed by atoms with Gasteiger partial charge in [-0.1, -0.05) is 0 Å². The van der Waals surface area contributed by atoms with Crippen LogP contribution in [0.3, 0.4) is 0 Å². The van der Waals surface area contributed by atoms with Crippen LogP contribution in [0.15, 0.2) is 18.5 Å². The third-order valence-corrected chi connectivity index (χ3v) is 2.35. The zero-order valence-electron chi connectivity index (χ0n) is 10.3. The van der Waals surface area contributed by atoms with Crippen LogP contribution in [-0.2, 0) is 4.74 Å². The predicted molar refractivity (Wildman–Crippen MR) is 63.7 cm³/mol. The summed E-state index contributed by atoms with van der Waals surface area (Å²) in [5, 5.41) is 3.94. The van der Waals surface area contributed by atoms with Crippen LogP contribution in [0.25, 0.3) is 5.82 Å². The van der Waals surface area contributed by atoms with Crippen molar-refractivity contribution < 1.29 is 14.3 Å². The molecule has 19 heavy (non-hydrogen) atoms. The van der Waals surface area contributed by atoms with Gasteiger partial charge in [0, 0.05) is 12.4 Å². The fourth-order valence-corrected chi connectivity index (χ4v) is 1.46. The van der Waals surface area contributed by atoms with Crippen molar-refractivity contribution in [2.75, 3.05) is 7.11 Å². The summed E-state index contributed by atoms with van der Waals surface area (Å²) in [7, 11) is 1.25. The summed E-state index contributed by atoms with van der Waals surface area (Å²) in [4.78, 5) is 30.7. The smallest absolute Gasteiger partial charge is 0.343 e. The molecule has 0 spiro atoms. The molecule has 0 aliphatic heterocycles. The van der Waals surface area contributed by atoms with Crippen LogP contribution in [0, 0.1) is 6.92 Å². The van der Waals surface area contributed by atoms with Crippen molar-refractivity contribution in [1.29, 1.82) is 0 Å². The molecule has 0 aliphatic carbocycles. The summed E-state index contributed by atoms with van der Waals surface area (Å²) >= 11 is 0.